The summed E-state index contributed by atoms with van der Waals surface area (Å²) in [5.41, 5.74) is 2.84. The number of carbonyl (C=O) groups excluding carboxylic acids is 1. The topological polar surface area (TPSA) is 62.1 Å². The monoisotopic (exact) mass is 494 g/mol. The maximum absolute atomic E-state index is 13.6. The number of thiophene rings is 1. The SMILES string of the molecule is CC1CCCCN1c1onc(-c2ccccc2)c1CN(CCN1CCOCC1)C(=O)c1cccs1. The number of aromatic nitrogens is 1. The maximum atomic E-state index is 13.6. The summed E-state index contributed by atoms with van der Waals surface area (Å²) in [7, 11) is 0. The van der Waals surface area contributed by atoms with E-state index in [2.05, 4.69) is 34.0 Å². The predicted octanol–water partition coefficient (Wildman–Crippen LogP) is 4.76. The van der Waals surface area contributed by atoms with Crippen molar-refractivity contribution >= 4 is 23.1 Å². The minimum Gasteiger partial charge on any atom is -0.379 e. The van der Waals surface area contributed by atoms with Gasteiger partial charge in [0, 0.05) is 44.3 Å². The van der Waals surface area contributed by atoms with Crippen LogP contribution in [0.25, 0.3) is 11.3 Å². The number of hydrogen-bond donors (Lipinski definition) is 0. The molecule has 4 heterocycles. The van der Waals surface area contributed by atoms with Crippen LogP contribution in [0.2, 0.25) is 0 Å². The largest absolute Gasteiger partial charge is 0.379 e. The Morgan fingerprint density at radius 1 is 1.11 bits per heavy atom. The molecule has 35 heavy (non-hydrogen) atoms. The lowest BCUT2D eigenvalue weighted by Gasteiger charge is -2.34. The van der Waals surface area contributed by atoms with Gasteiger partial charge in [-0.3, -0.25) is 9.69 Å². The fourth-order valence-electron chi connectivity index (χ4n) is 4.98. The Kier molecular flexibility index (Phi) is 7.81. The summed E-state index contributed by atoms with van der Waals surface area (Å²) in [6.07, 6.45) is 3.50. The van der Waals surface area contributed by atoms with Crippen LogP contribution in [0.4, 0.5) is 5.88 Å². The van der Waals surface area contributed by atoms with Crippen LogP contribution in [0.15, 0.2) is 52.4 Å². The number of nitrogens with zero attached hydrogens (tertiary/aromatic N) is 4. The molecule has 2 fully saturated rings. The highest BCUT2D eigenvalue weighted by Crippen LogP contribution is 2.35. The quantitative estimate of drug-likeness (QED) is 0.450. The molecule has 0 radical (unpaired) electrons. The van der Waals surface area contributed by atoms with Crippen LogP contribution in [-0.2, 0) is 11.3 Å². The normalized spacial score (nSPS) is 19.1. The summed E-state index contributed by atoms with van der Waals surface area (Å²) < 4.78 is 11.5. The highest BCUT2D eigenvalue weighted by atomic mass is 32.1. The van der Waals surface area contributed by atoms with Crippen molar-refractivity contribution in [1.82, 2.24) is 15.0 Å². The molecular formula is C27H34N4O3S. The average Bonchev–Trinajstić information content (AvgIpc) is 3.58. The summed E-state index contributed by atoms with van der Waals surface area (Å²) >= 11 is 1.49. The van der Waals surface area contributed by atoms with E-state index in [4.69, 9.17) is 9.26 Å². The molecule has 2 aliphatic heterocycles. The van der Waals surface area contributed by atoms with E-state index >= 15 is 0 Å². The van der Waals surface area contributed by atoms with Crippen molar-refractivity contribution in [3.05, 3.63) is 58.3 Å². The lowest BCUT2D eigenvalue weighted by Crippen LogP contribution is -2.43. The molecule has 1 amide bonds. The first-order valence-corrected chi connectivity index (χ1v) is 13.5. The summed E-state index contributed by atoms with van der Waals surface area (Å²) in [6, 6.07) is 14.4. The molecule has 2 saturated heterocycles. The van der Waals surface area contributed by atoms with Crippen LogP contribution in [0.5, 0.6) is 0 Å². The zero-order valence-corrected chi connectivity index (χ0v) is 21.2. The zero-order chi connectivity index (χ0) is 24.0. The highest BCUT2D eigenvalue weighted by Gasteiger charge is 2.30. The third kappa shape index (κ3) is 5.60. The van der Waals surface area contributed by atoms with Crippen molar-refractivity contribution < 1.29 is 14.1 Å². The Bertz CT molecular complexity index is 1080. The van der Waals surface area contributed by atoms with Gasteiger partial charge in [-0.2, -0.15) is 0 Å². The van der Waals surface area contributed by atoms with Gasteiger partial charge < -0.3 is 19.1 Å². The first-order valence-electron chi connectivity index (χ1n) is 12.6. The lowest BCUT2D eigenvalue weighted by atomic mass is 10.0. The summed E-state index contributed by atoms with van der Waals surface area (Å²) in [6.45, 7) is 8.44. The Hall–Kier alpha value is -2.68. The van der Waals surface area contributed by atoms with Gasteiger partial charge in [-0.05, 0) is 37.6 Å². The zero-order valence-electron chi connectivity index (χ0n) is 20.4. The van der Waals surface area contributed by atoms with Crippen molar-refractivity contribution in [2.24, 2.45) is 0 Å². The second kappa shape index (κ2) is 11.4. The first kappa shape index (κ1) is 24.0. The number of benzene rings is 1. The number of amides is 1. The number of anilines is 1. The Labute approximate surface area is 211 Å². The smallest absolute Gasteiger partial charge is 0.264 e. The fraction of sp³-hybridized carbons (Fsp3) is 0.481. The first-order chi connectivity index (χ1) is 17.2. The lowest BCUT2D eigenvalue weighted by molar-refractivity contribution is 0.0321. The summed E-state index contributed by atoms with van der Waals surface area (Å²) in [5, 5.41) is 6.50. The molecule has 3 aromatic rings. The third-order valence-electron chi connectivity index (χ3n) is 7.04. The van der Waals surface area contributed by atoms with Crippen molar-refractivity contribution in [2.45, 2.75) is 38.8 Å². The molecule has 2 aliphatic rings. The second-order valence-corrected chi connectivity index (χ2v) is 10.3. The number of rotatable bonds is 8. The van der Waals surface area contributed by atoms with Gasteiger partial charge in [0.25, 0.3) is 5.91 Å². The molecule has 8 heteroatoms. The Balaban J connectivity index is 1.47. The number of ether oxygens (including phenoxy) is 1. The van der Waals surface area contributed by atoms with E-state index < -0.39 is 0 Å². The highest BCUT2D eigenvalue weighted by molar-refractivity contribution is 7.12. The molecule has 7 nitrogen and oxygen atoms in total. The maximum Gasteiger partial charge on any atom is 0.264 e. The number of piperidine rings is 1. The molecule has 5 rings (SSSR count). The molecule has 1 aromatic carbocycles. The Morgan fingerprint density at radius 3 is 2.69 bits per heavy atom. The van der Waals surface area contributed by atoms with Gasteiger partial charge in [-0.1, -0.05) is 41.6 Å². The van der Waals surface area contributed by atoms with E-state index in [9.17, 15) is 4.79 Å². The van der Waals surface area contributed by atoms with Crippen LogP contribution in [0.1, 0.15) is 41.4 Å². The molecule has 0 spiro atoms. The molecule has 186 valence electrons. The minimum absolute atomic E-state index is 0.0612. The van der Waals surface area contributed by atoms with Crippen LogP contribution in [0, 0.1) is 0 Å². The van der Waals surface area contributed by atoms with Gasteiger partial charge in [0.05, 0.1) is 30.2 Å². The molecule has 1 unspecified atom stereocenters. The standard InChI is InChI=1S/C27H34N4O3S/c1-21-8-5-6-12-31(21)27-23(25(28-34-27)22-9-3-2-4-10-22)20-30(26(32)24-11-7-19-35-24)14-13-29-15-17-33-18-16-29/h2-4,7,9-11,19,21H,5-6,8,12-18,20H2,1H3. The molecule has 0 bridgehead atoms. The third-order valence-corrected chi connectivity index (χ3v) is 7.89. The van der Waals surface area contributed by atoms with Crippen molar-refractivity contribution in [2.75, 3.05) is 50.8 Å². The van der Waals surface area contributed by atoms with E-state index in [1.807, 2.05) is 40.6 Å². The molecule has 0 aliphatic carbocycles. The molecule has 0 N–H and O–H groups in total. The van der Waals surface area contributed by atoms with Gasteiger partial charge in [-0.25, -0.2) is 0 Å². The van der Waals surface area contributed by atoms with Gasteiger partial charge in [0.1, 0.15) is 5.69 Å². The van der Waals surface area contributed by atoms with Gasteiger partial charge in [0.15, 0.2) is 0 Å². The van der Waals surface area contributed by atoms with E-state index in [1.165, 1.54) is 17.8 Å². The summed E-state index contributed by atoms with van der Waals surface area (Å²) in [4.78, 5) is 21.1. The van der Waals surface area contributed by atoms with E-state index in [1.54, 1.807) is 0 Å². The number of carbonyl (C=O) groups is 1. The average molecular weight is 495 g/mol. The van der Waals surface area contributed by atoms with Crippen LogP contribution >= 0.6 is 11.3 Å². The van der Waals surface area contributed by atoms with Crippen molar-refractivity contribution in [1.29, 1.82) is 0 Å². The molecule has 1 atom stereocenters. The van der Waals surface area contributed by atoms with Crippen molar-refractivity contribution in [3.63, 3.8) is 0 Å². The molecular weight excluding hydrogens is 460 g/mol. The number of hydrogen-bond acceptors (Lipinski definition) is 7. The van der Waals surface area contributed by atoms with Crippen molar-refractivity contribution in [3.8, 4) is 11.3 Å². The fourth-order valence-corrected chi connectivity index (χ4v) is 5.67. The Morgan fingerprint density at radius 2 is 1.94 bits per heavy atom. The van der Waals surface area contributed by atoms with E-state index in [0.717, 1.165) is 79.8 Å². The van der Waals surface area contributed by atoms with E-state index in [0.29, 0.717) is 19.1 Å². The van der Waals surface area contributed by atoms with Gasteiger partial charge >= 0.3 is 0 Å². The van der Waals surface area contributed by atoms with E-state index in [-0.39, 0.29) is 5.91 Å². The van der Waals surface area contributed by atoms with Gasteiger partial charge in [-0.15, -0.1) is 11.3 Å². The van der Waals surface area contributed by atoms with Crippen LogP contribution in [0.3, 0.4) is 0 Å². The minimum atomic E-state index is 0.0612. The molecule has 2 aromatic heterocycles. The molecule has 0 saturated carbocycles. The summed E-state index contributed by atoms with van der Waals surface area (Å²) in [5.74, 6) is 0.873. The second-order valence-electron chi connectivity index (χ2n) is 9.38. The van der Waals surface area contributed by atoms with Crippen LogP contribution in [-0.4, -0.2) is 72.8 Å². The van der Waals surface area contributed by atoms with Gasteiger partial charge in [0.2, 0.25) is 5.88 Å². The van der Waals surface area contributed by atoms with Crippen LogP contribution < -0.4 is 4.90 Å². The predicted molar refractivity (Wildman–Crippen MR) is 139 cm³/mol. The number of morpholine rings is 1.